The van der Waals surface area contributed by atoms with E-state index in [0.29, 0.717) is 12.2 Å². The van der Waals surface area contributed by atoms with Crippen LogP contribution in [0.3, 0.4) is 0 Å². The number of aromatic nitrogens is 1. The van der Waals surface area contributed by atoms with Gasteiger partial charge in [0.15, 0.2) is 9.84 Å². The van der Waals surface area contributed by atoms with Gasteiger partial charge in [0, 0.05) is 13.1 Å². The summed E-state index contributed by atoms with van der Waals surface area (Å²) in [6, 6.07) is 12.8. The molecule has 2 aromatic rings. The number of para-hydroxylation sites is 1. The fourth-order valence-corrected chi connectivity index (χ4v) is 4.72. The zero-order valence-corrected chi connectivity index (χ0v) is 16.0. The van der Waals surface area contributed by atoms with Crippen LogP contribution in [0.1, 0.15) is 12.8 Å². The molecule has 3 rings (SSSR count). The Balaban J connectivity index is 1.47. The molecule has 1 aliphatic rings. The van der Waals surface area contributed by atoms with Gasteiger partial charge in [0.2, 0.25) is 5.91 Å². The van der Waals surface area contributed by atoms with E-state index in [1.54, 1.807) is 12.3 Å². The molecule has 0 spiro atoms. The molecule has 1 aromatic carbocycles. The predicted molar refractivity (Wildman–Crippen MR) is 105 cm³/mol. The number of nitrogens with zero attached hydrogens (tertiary/aromatic N) is 2. The first-order valence-corrected chi connectivity index (χ1v) is 10.6. The Bertz CT molecular complexity index is 870. The van der Waals surface area contributed by atoms with Gasteiger partial charge in [-0.25, -0.2) is 13.4 Å². The van der Waals surface area contributed by atoms with Crippen molar-refractivity contribution in [3.05, 3.63) is 48.7 Å². The number of amides is 1. The molecule has 1 aliphatic heterocycles. The van der Waals surface area contributed by atoms with E-state index in [9.17, 15) is 13.2 Å². The standard InChI is InChI=1S/C19H23N3O4S/c1-22(16-10-12-27(24,25)14-16)15-7-8-18(20-13-15)21-19(23)9-11-26-17-5-3-2-4-6-17/h2-8,13,16H,9-12,14H2,1H3,(H,20,21,23). The molecule has 7 nitrogen and oxygen atoms in total. The van der Waals surface area contributed by atoms with Gasteiger partial charge in [0.1, 0.15) is 11.6 Å². The molecule has 1 aromatic heterocycles. The monoisotopic (exact) mass is 389 g/mol. The van der Waals surface area contributed by atoms with Crippen LogP contribution in [0.25, 0.3) is 0 Å². The summed E-state index contributed by atoms with van der Waals surface area (Å²) < 4.78 is 28.8. The summed E-state index contributed by atoms with van der Waals surface area (Å²) in [5.74, 6) is 1.40. The van der Waals surface area contributed by atoms with Crippen molar-refractivity contribution in [3.63, 3.8) is 0 Å². The molecule has 27 heavy (non-hydrogen) atoms. The van der Waals surface area contributed by atoms with Crippen LogP contribution in [-0.2, 0) is 14.6 Å². The molecular weight excluding hydrogens is 366 g/mol. The van der Waals surface area contributed by atoms with Crippen molar-refractivity contribution >= 4 is 27.2 Å². The third kappa shape index (κ3) is 5.43. The van der Waals surface area contributed by atoms with Crippen LogP contribution in [0.5, 0.6) is 5.75 Å². The van der Waals surface area contributed by atoms with Gasteiger partial charge in [-0.05, 0) is 30.7 Å². The summed E-state index contributed by atoms with van der Waals surface area (Å²) in [4.78, 5) is 18.2. The SMILES string of the molecule is CN(c1ccc(NC(=O)CCOc2ccccc2)nc1)C1CCS(=O)(=O)C1. The lowest BCUT2D eigenvalue weighted by molar-refractivity contribution is -0.116. The van der Waals surface area contributed by atoms with Gasteiger partial charge in [0.05, 0.1) is 36.4 Å². The minimum absolute atomic E-state index is 0.0348. The van der Waals surface area contributed by atoms with E-state index < -0.39 is 9.84 Å². The summed E-state index contributed by atoms with van der Waals surface area (Å²) in [6.45, 7) is 0.285. The van der Waals surface area contributed by atoms with Gasteiger partial charge < -0.3 is 15.0 Å². The number of hydrogen-bond donors (Lipinski definition) is 1. The van der Waals surface area contributed by atoms with E-state index in [-0.39, 0.29) is 36.5 Å². The summed E-state index contributed by atoms with van der Waals surface area (Å²) in [7, 11) is -1.07. The minimum Gasteiger partial charge on any atom is -0.493 e. The zero-order valence-electron chi connectivity index (χ0n) is 15.2. The highest BCUT2D eigenvalue weighted by Gasteiger charge is 2.30. The number of rotatable bonds is 7. The van der Waals surface area contributed by atoms with Gasteiger partial charge in [-0.15, -0.1) is 0 Å². The number of nitrogens with one attached hydrogen (secondary N) is 1. The lowest BCUT2D eigenvalue weighted by Gasteiger charge is -2.25. The largest absolute Gasteiger partial charge is 0.493 e. The number of pyridine rings is 1. The Kier molecular flexibility index (Phi) is 5.95. The molecule has 2 heterocycles. The van der Waals surface area contributed by atoms with Crippen molar-refractivity contribution in [1.29, 1.82) is 0 Å². The molecule has 0 bridgehead atoms. The van der Waals surface area contributed by atoms with Crippen molar-refractivity contribution in [1.82, 2.24) is 4.98 Å². The molecule has 0 saturated carbocycles. The fraction of sp³-hybridized carbons (Fsp3) is 0.368. The van der Waals surface area contributed by atoms with Crippen LogP contribution < -0.4 is 15.0 Å². The van der Waals surface area contributed by atoms with Crippen molar-refractivity contribution in [3.8, 4) is 5.75 Å². The van der Waals surface area contributed by atoms with Crippen LogP contribution in [0.15, 0.2) is 48.7 Å². The Morgan fingerprint density at radius 2 is 2.04 bits per heavy atom. The molecule has 0 radical (unpaired) electrons. The van der Waals surface area contributed by atoms with Crippen molar-refractivity contribution in [2.45, 2.75) is 18.9 Å². The van der Waals surface area contributed by atoms with E-state index in [4.69, 9.17) is 4.74 Å². The molecule has 1 fully saturated rings. The van der Waals surface area contributed by atoms with E-state index in [1.165, 1.54) is 0 Å². The first-order chi connectivity index (χ1) is 12.9. The normalized spacial score (nSPS) is 18.0. The Labute approximate surface area is 159 Å². The number of ether oxygens (including phenoxy) is 1. The summed E-state index contributed by atoms with van der Waals surface area (Å²) in [5, 5.41) is 2.73. The number of benzene rings is 1. The van der Waals surface area contributed by atoms with Gasteiger partial charge in [-0.2, -0.15) is 0 Å². The fourth-order valence-electron chi connectivity index (χ4n) is 2.94. The van der Waals surface area contributed by atoms with Crippen LogP contribution in [-0.4, -0.2) is 50.5 Å². The summed E-state index contributed by atoms with van der Waals surface area (Å²) >= 11 is 0. The maximum absolute atomic E-state index is 12.0. The average molecular weight is 389 g/mol. The maximum Gasteiger partial charge on any atom is 0.228 e. The molecule has 1 N–H and O–H groups in total. The molecule has 1 saturated heterocycles. The second kappa shape index (κ2) is 8.39. The minimum atomic E-state index is -2.93. The molecule has 1 atom stereocenters. The van der Waals surface area contributed by atoms with Crippen LogP contribution >= 0.6 is 0 Å². The van der Waals surface area contributed by atoms with Crippen molar-refractivity contribution in [2.75, 3.05) is 35.4 Å². The van der Waals surface area contributed by atoms with E-state index in [0.717, 1.165) is 11.4 Å². The van der Waals surface area contributed by atoms with Crippen LogP contribution in [0, 0.1) is 0 Å². The third-order valence-corrected chi connectivity index (χ3v) is 6.27. The molecule has 144 valence electrons. The van der Waals surface area contributed by atoms with Gasteiger partial charge >= 0.3 is 0 Å². The van der Waals surface area contributed by atoms with Crippen molar-refractivity contribution in [2.24, 2.45) is 0 Å². The van der Waals surface area contributed by atoms with Gasteiger partial charge in [-0.1, -0.05) is 18.2 Å². The van der Waals surface area contributed by atoms with Gasteiger partial charge in [0.25, 0.3) is 0 Å². The molecule has 1 amide bonds. The van der Waals surface area contributed by atoms with E-state index >= 15 is 0 Å². The number of sulfone groups is 1. The first kappa shape index (κ1) is 19.2. The lowest BCUT2D eigenvalue weighted by atomic mass is 10.2. The second-order valence-corrected chi connectivity index (χ2v) is 8.76. The number of anilines is 2. The summed E-state index contributed by atoms with van der Waals surface area (Å²) in [5.41, 5.74) is 0.822. The predicted octanol–water partition coefficient (Wildman–Crippen LogP) is 2.11. The highest BCUT2D eigenvalue weighted by atomic mass is 32.2. The first-order valence-electron chi connectivity index (χ1n) is 8.80. The summed E-state index contributed by atoms with van der Waals surface area (Å²) in [6.07, 6.45) is 2.48. The molecule has 0 aliphatic carbocycles. The van der Waals surface area contributed by atoms with Crippen LogP contribution in [0.4, 0.5) is 11.5 Å². The second-order valence-electron chi connectivity index (χ2n) is 6.53. The number of carbonyl (C=O) groups excluding carboxylic acids is 1. The highest BCUT2D eigenvalue weighted by molar-refractivity contribution is 7.91. The lowest BCUT2D eigenvalue weighted by Crippen LogP contribution is -2.32. The van der Waals surface area contributed by atoms with E-state index in [1.807, 2.05) is 48.3 Å². The Hall–Kier alpha value is -2.61. The van der Waals surface area contributed by atoms with Crippen LogP contribution in [0.2, 0.25) is 0 Å². The van der Waals surface area contributed by atoms with Crippen molar-refractivity contribution < 1.29 is 17.9 Å². The molecule has 1 unspecified atom stereocenters. The average Bonchev–Trinajstić information content (AvgIpc) is 3.02. The topological polar surface area (TPSA) is 88.6 Å². The van der Waals surface area contributed by atoms with E-state index in [2.05, 4.69) is 10.3 Å². The molecular formula is C19H23N3O4S. The number of hydrogen-bond acceptors (Lipinski definition) is 6. The smallest absolute Gasteiger partial charge is 0.228 e. The van der Waals surface area contributed by atoms with Gasteiger partial charge in [-0.3, -0.25) is 4.79 Å². The zero-order chi connectivity index (χ0) is 19.3. The highest BCUT2D eigenvalue weighted by Crippen LogP contribution is 2.23. The molecule has 8 heteroatoms. The number of carbonyl (C=O) groups is 1. The Morgan fingerprint density at radius 3 is 2.67 bits per heavy atom. The third-order valence-electron chi connectivity index (χ3n) is 4.52. The quantitative estimate of drug-likeness (QED) is 0.780. The Morgan fingerprint density at radius 1 is 1.26 bits per heavy atom. The maximum atomic E-state index is 12.0.